The predicted molar refractivity (Wildman–Crippen MR) is 77.2 cm³/mol. The molecule has 5 nitrogen and oxygen atoms in total. The first-order valence-electron chi connectivity index (χ1n) is 6.55. The second-order valence-corrected chi connectivity index (χ2v) is 4.72. The number of carbonyl (C=O) groups is 1. The Morgan fingerprint density at radius 3 is 2.86 bits per heavy atom. The number of hydrogen-bond acceptors (Lipinski definition) is 3. The van der Waals surface area contributed by atoms with Gasteiger partial charge in [0.25, 0.3) is 5.91 Å². The molecule has 0 saturated carbocycles. The molecule has 0 radical (unpaired) electrons. The van der Waals surface area contributed by atoms with Crippen molar-refractivity contribution in [1.82, 2.24) is 15.1 Å². The number of carbonyl (C=O) groups excluding carboxylic acids is 1. The van der Waals surface area contributed by atoms with Gasteiger partial charge in [0.2, 0.25) is 0 Å². The van der Waals surface area contributed by atoms with Crippen molar-refractivity contribution in [2.24, 2.45) is 0 Å². The van der Waals surface area contributed by atoms with E-state index in [1.807, 2.05) is 6.92 Å². The third kappa shape index (κ3) is 3.73. The second kappa shape index (κ2) is 7.22. The molecule has 0 unspecified atom stereocenters. The minimum Gasteiger partial charge on any atom is -0.434 e. The average Bonchev–Trinajstić information content (AvgIpc) is 2.85. The van der Waals surface area contributed by atoms with Crippen LogP contribution >= 0.6 is 11.6 Å². The van der Waals surface area contributed by atoms with Crippen molar-refractivity contribution in [1.29, 1.82) is 0 Å². The Morgan fingerprint density at radius 1 is 1.45 bits per heavy atom. The molecule has 2 aromatic rings. The normalized spacial score (nSPS) is 10.8. The fourth-order valence-corrected chi connectivity index (χ4v) is 2.16. The molecule has 2 rings (SSSR count). The topological polar surface area (TPSA) is 56.2 Å². The summed E-state index contributed by atoms with van der Waals surface area (Å²) >= 11 is 5.99. The minimum absolute atomic E-state index is 0.0292. The van der Waals surface area contributed by atoms with Crippen LogP contribution in [0.5, 0.6) is 5.75 Å². The van der Waals surface area contributed by atoms with Crippen LogP contribution in [0, 0.1) is 0 Å². The molecule has 1 aromatic heterocycles. The lowest BCUT2D eigenvalue weighted by molar-refractivity contribution is -0.0501. The second-order valence-electron chi connectivity index (χ2n) is 4.31. The van der Waals surface area contributed by atoms with Crippen LogP contribution in [-0.2, 0) is 13.1 Å². The van der Waals surface area contributed by atoms with E-state index in [-0.39, 0.29) is 17.9 Å². The van der Waals surface area contributed by atoms with Gasteiger partial charge in [-0.1, -0.05) is 23.7 Å². The summed E-state index contributed by atoms with van der Waals surface area (Å²) in [5, 5.41) is 7.10. The quantitative estimate of drug-likeness (QED) is 0.886. The van der Waals surface area contributed by atoms with E-state index in [0.717, 1.165) is 0 Å². The van der Waals surface area contributed by atoms with Crippen LogP contribution in [-0.4, -0.2) is 22.3 Å². The van der Waals surface area contributed by atoms with E-state index in [1.165, 1.54) is 24.4 Å². The number of hydrogen-bond donors (Lipinski definition) is 1. The molecule has 22 heavy (non-hydrogen) atoms. The maximum absolute atomic E-state index is 12.3. The number of benzene rings is 1. The molecule has 1 amide bonds. The monoisotopic (exact) mass is 329 g/mol. The molecule has 0 saturated heterocycles. The Bertz CT molecular complexity index is 661. The lowest BCUT2D eigenvalue weighted by Crippen LogP contribution is -2.25. The maximum atomic E-state index is 12.3. The van der Waals surface area contributed by atoms with E-state index in [1.54, 1.807) is 10.7 Å². The van der Waals surface area contributed by atoms with Gasteiger partial charge in [-0.3, -0.25) is 9.48 Å². The molecule has 0 aliphatic carbocycles. The third-order valence-corrected chi connectivity index (χ3v) is 3.28. The summed E-state index contributed by atoms with van der Waals surface area (Å²) < 4.78 is 30.7. The number of nitrogens with zero attached hydrogens (tertiary/aromatic N) is 2. The van der Waals surface area contributed by atoms with Crippen molar-refractivity contribution in [3.05, 3.63) is 46.7 Å². The number of halogens is 3. The number of alkyl halides is 2. The van der Waals surface area contributed by atoms with E-state index in [2.05, 4.69) is 15.2 Å². The van der Waals surface area contributed by atoms with E-state index >= 15 is 0 Å². The minimum atomic E-state index is -3.00. The third-order valence-electron chi connectivity index (χ3n) is 2.96. The number of rotatable bonds is 6. The highest BCUT2D eigenvalue weighted by Crippen LogP contribution is 2.21. The summed E-state index contributed by atoms with van der Waals surface area (Å²) in [4.78, 5) is 12.1. The molecule has 0 fully saturated rings. The maximum Gasteiger partial charge on any atom is 0.387 e. The zero-order valence-electron chi connectivity index (χ0n) is 11.7. The highest BCUT2D eigenvalue weighted by Gasteiger charge is 2.16. The number of aryl methyl sites for hydroxylation is 1. The number of nitrogens with one attached hydrogen (secondary N) is 1. The van der Waals surface area contributed by atoms with Gasteiger partial charge in [-0.15, -0.1) is 0 Å². The van der Waals surface area contributed by atoms with Crippen molar-refractivity contribution >= 4 is 17.5 Å². The van der Waals surface area contributed by atoms with Gasteiger partial charge in [0.15, 0.2) is 0 Å². The van der Waals surface area contributed by atoms with Gasteiger partial charge in [0, 0.05) is 6.54 Å². The first-order valence-corrected chi connectivity index (χ1v) is 6.93. The van der Waals surface area contributed by atoms with Crippen molar-refractivity contribution in [3.8, 4) is 5.75 Å². The average molecular weight is 330 g/mol. The number of amides is 1. The van der Waals surface area contributed by atoms with Crippen molar-refractivity contribution < 1.29 is 18.3 Å². The SMILES string of the molecule is CCn1ncc(Cl)c1CNC(=O)c1ccccc1OC(F)F. The van der Waals surface area contributed by atoms with Crippen LogP contribution in [0.1, 0.15) is 23.0 Å². The van der Waals surface area contributed by atoms with Crippen molar-refractivity contribution in [3.63, 3.8) is 0 Å². The van der Waals surface area contributed by atoms with Gasteiger partial charge >= 0.3 is 6.61 Å². The molecular weight excluding hydrogens is 316 g/mol. The Morgan fingerprint density at radius 2 is 2.18 bits per heavy atom. The summed E-state index contributed by atoms with van der Waals surface area (Å²) in [5.41, 5.74) is 0.672. The molecule has 118 valence electrons. The molecule has 0 atom stereocenters. The number of ether oxygens (including phenoxy) is 1. The fourth-order valence-electron chi connectivity index (χ4n) is 1.95. The van der Waals surface area contributed by atoms with Gasteiger partial charge in [-0.25, -0.2) is 0 Å². The van der Waals surface area contributed by atoms with Crippen molar-refractivity contribution in [2.75, 3.05) is 0 Å². The highest BCUT2D eigenvalue weighted by atomic mass is 35.5. The van der Waals surface area contributed by atoms with Gasteiger partial charge in [0.05, 0.1) is 29.0 Å². The predicted octanol–water partition coefficient (Wildman–Crippen LogP) is 3.09. The Kier molecular flexibility index (Phi) is 5.32. The number of para-hydroxylation sites is 1. The van der Waals surface area contributed by atoms with Crippen LogP contribution in [0.3, 0.4) is 0 Å². The largest absolute Gasteiger partial charge is 0.434 e. The molecule has 1 N–H and O–H groups in total. The van der Waals surface area contributed by atoms with Gasteiger partial charge in [0.1, 0.15) is 5.75 Å². The van der Waals surface area contributed by atoms with E-state index in [0.29, 0.717) is 17.3 Å². The summed E-state index contributed by atoms with van der Waals surface area (Å²) in [6, 6.07) is 5.80. The Balaban J connectivity index is 2.11. The zero-order chi connectivity index (χ0) is 16.1. The van der Waals surface area contributed by atoms with Crippen LogP contribution in [0.4, 0.5) is 8.78 Å². The highest BCUT2D eigenvalue weighted by molar-refractivity contribution is 6.31. The summed E-state index contributed by atoms with van der Waals surface area (Å²) in [7, 11) is 0. The first kappa shape index (κ1) is 16.2. The van der Waals surface area contributed by atoms with Crippen LogP contribution in [0.15, 0.2) is 30.5 Å². The summed E-state index contributed by atoms with van der Waals surface area (Å²) in [5.74, 6) is -0.707. The van der Waals surface area contributed by atoms with E-state index in [4.69, 9.17) is 11.6 Å². The molecular formula is C14H14ClF2N3O2. The van der Waals surface area contributed by atoms with Crippen LogP contribution in [0.2, 0.25) is 5.02 Å². The van der Waals surface area contributed by atoms with Gasteiger partial charge < -0.3 is 10.1 Å². The van der Waals surface area contributed by atoms with E-state index < -0.39 is 12.5 Å². The van der Waals surface area contributed by atoms with Crippen molar-refractivity contribution in [2.45, 2.75) is 26.6 Å². The number of aromatic nitrogens is 2. The molecule has 0 spiro atoms. The molecule has 0 aliphatic heterocycles. The molecule has 1 aromatic carbocycles. The standard InChI is InChI=1S/C14H14ClF2N3O2/c1-2-20-11(10(15)7-19-20)8-18-13(21)9-5-3-4-6-12(9)22-14(16)17/h3-7,14H,2,8H2,1H3,(H,18,21). The summed E-state index contributed by atoms with van der Waals surface area (Å²) in [6.45, 7) is -0.372. The van der Waals surface area contributed by atoms with Crippen LogP contribution < -0.4 is 10.1 Å². The fraction of sp³-hybridized carbons (Fsp3) is 0.286. The Hall–Kier alpha value is -2.15. The molecule has 8 heteroatoms. The first-order chi connectivity index (χ1) is 10.5. The zero-order valence-corrected chi connectivity index (χ0v) is 12.5. The molecule has 0 aliphatic rings. The summed E-state index contributed by atoms with van der Waals surface area (Å²) in [6.07, 6.45) is 1.49. The van der Waals surface area contributed by atoms with E-state index in [9.17, 15) is 13.6 Å². The van der Waals surface area contributed by atoms with Gasteiger partial charge in [-0.05, 0) is 19.1 Å². The smallest absolute Gasteiger partial charge is 0.387 e. The molecule has 1 heterocycles. The lowest BCUT2D eigenvalue weighted by atomic mass is 10.2. The Labute approximate surface area is 130 Å². The molecule has 0 bridgehead atoms. The van der Waals surface area contributed by atoms with Gasteiger partial charge in [-0.2, -0.15) is 13.9 Å². The van der Waals surface area contributed by atoms with Crippen LogP contribution in [0.25, 0.3) is 0 Å². The lowest BCUT2D eigenvalue weighted by Gasteiger charge is -2.11.